The molecular weight excluding hydrogens is 211 g/mol. The molecule has 2 aliphatic rings. The van der Waals surface area contributed by atoms with Crippen LogP contribution in [0.4, 0.5) is 9.18 Å². The summed E-state index contributed by atoms with van der Waals surface area (Å²) < 4.78 is 13.0. The van der Waals surface area contributed by atoms with Gasteiger partial charge in [0.1, 0.15) is 6.17 Å². The molecule has 92 valence electrons. The predicted octanol–water partition coefficient (Wildman–Crippen LogP) is 1.56. The van der Waals surface area contributed by atoms with E-state index < -0.39 is 12.3 Å². The first kappa shape index (κ1) is 11.6. The van der Waals surface area contributed by atoms with Gasteiger partial charge in [-0.1, -0.05) is 0 Å². The Morgan fingerprint density at radius 1 is 1.19 bits per heavy atom. The van der Waals surface area contributed by atoms with E-state index in [4.69, 9.17) is 5.11 Å². The first-order valence-corrected chi connectivity index (χ1v) is 6.03. The molecule has 2 aliphatic heterocycles. The lowest BCUT2D eigenvalue weighted by Crippen LogP contribution is -2.51. The molecule has 0 bridgehead atoms. The number of carbonyl (C=O) groups is 1. The van der Waals surface area contributed by atoms with Gasteiger partial charge in [-0.25, -0.2) is 9.18 Å². The van der Waals surface area contributed by atoms with Crippen LogP contribution in [0.2, 0.25) is 0 Å². The van der Waals surface area contributed by atoms with Gasteiger partial charge in [-0.05, 0) is 25.7 Å². The summed E-state index contributed by atoms with van der Waals surface area (Å²) in [6, 6.07) is 0.303. The summed E-state index contributed by atoms with van der Waals surface area (Å²) >= 11 is 0. The van der Waals surface area contributed by atoms with Crippen LogP contribution in [0.3, 0.4) is 0 Å². The maximum atomic E-state index is 13.0. The average Bonchev–Trinajstić information content (AvgIpc) is 2.30. The van der Waals surface area contributed by atoms with E-state index in [1.165, 1.54) is 4.90 Å². The van der Waals surface area contributed by atoms with Gasteiger partial charge in [0.05, 0.1) is 0 Å². The molecule has 0 aromatic rings. The fourth-order valence-electron chi connectivity index (χ4n) is 2.66. The molecule has 0 aromatic heterocycles. The number of piperidine rings is 2. The lowest BCUT2D eigenvalue weighted by Gasteiger charge is -2.40. The summed E-state index contributed by atoms with van der Waals surface area (Å²) in [6.45, 7) is 2.79. The molecule has 2 heterocycles. The highest BCUT2D eigenvalue weighted by atomic mass is 19.1. The number of nitrogens with zero attached hydrogens (tertiary/aromatic N) is 2. The van der Waals surface area contributed by atoms with Gasteiger partial charge in [0.2, 0.25) is 0 Å². The maximum Gasteiger partial charge on any atom is 0.407 e. The van der Waals surface area contributed by atoms with Crippen molar-refractivity contribution in [1.82, 2.24) is 9.80 Å². The van der Waals surface area contributed by atoms with E-state index in [1.54, 1.807) is 0 Å². The van der Waals surface area contributed by atoms with Crippen molar-refractivity contribution in [2.75, 3.05) is 26.2 Å². The van der Waals surface area contributed by atoms with Gasteiger partial charge in [0, 0.05) is 32.2 Å². The largest absolute Gasteiger partial charge is 0.465 e. The zero-order valence-electron chi connectivity index (χ0n) is 9.44. The highest BCUT2D eigenvalue weighted by molar-refractivity contribution is 5.65. The minimum Gasteiger partial charge on any atom is -0.465 e. The normalized spacial score (nSPS) is 29.3. The number of halogens is 1. The minimum atomic E-state index is -0.829. The van der Waals surface area contributed by atoms with Crippen molar-refractivity contribution in [2.45, 2.75) is 37.9 Å². The Morgan fingerprint density at radius 3 is 2.50 bits per heavy atom. The molecule has 0 spiro atoms. The van der Waals surface area contributed by atoms with Crippen molar-refractivity contribution >= 4 is 6.09 Å². The molecule has 1 N–H and O–H groups in total. The first-order valence-electron chi connectivity index (χ1n) is 6.03. The summed E-state index contributed by atoms with van der Waals surface area (Å²) in [4.78, 5) is 14.6. The Labute approximate surface area is 95.0 Å². The Morgan fingerprint density at radius 2 is 1.88 bits per heavy atom. The molecule has 2 rings (SSSR count). The lowest BCUT2D eigenvalue weighted by molar-refractivity contribution is 0.0588. The lowest BCUT2D eigenvalue weighted by atomic mass is 10.0. The third kappa shape index (κ3) is 2.64. The molecule has 0 radical (unpaired) electrons. The van der Waals surface area contributed by atoms with E-state index in [0.717, 1.165) is 25.9 Å². The van der Waals surface area contributed by atoms with E-state index in [2.05, 4.69) is 4.90 Å². The SMILES string of the molecule is O=C(O)N1CCCC(N2CCC(F)CC2)C1. The Kier molecular flexibility index (Phi) is 3.63. The molecule has 4 nitrogen and oxygen atoms in total. The predicted molar refractivity (Wildman–Crippen MR) is 58.3 cm³/mol. The first-order chi connectivity index (χ1) is 7.66. The fourth-order valence-corrected chi connectivity index (χ4v) is 2.66. The van der Waals surface area contributed by atoms with Gasteiger partial charge in [-0.3, -0.25) is 4.90 Å². The maximum absolute atomic E-state index is 13.0. The molecule has 2 saturated heterocycles. The van der Waals surface area contributed by atoms with Crippen LogP contribution in [0.5, 0.6) is 0 Å². The van der Waals surface area contributed by atoms with E-state index in [9.17, 15) is 9.18 Å². The Balaban J connectivity index is 1.87. The molecule has 1 unspecified atom stereocenters. The van der Waals surface area contributed by atoms with Gasteiger partial charge in [0.15, 0.2) is 0 Å². The number of alkyl halides is 1. The van der Waals surface area contributed by atoms with Crippen LogP contribution in [0, 0.1) is 0 Å². The zero-order valence-corrected chi connectivity index (χ0v) is 9.44. The standard InChI is InChI=1S/C11H19FN2O2/c12-9-3-6-13(7-4-9)10-2-1-5-14(8-10)11(15)16/h9-10H,1-8H2,(H,15,16). The average molecular weight is 230 g/mol. The summed E-state index contributed by atoms with van der Waals surface area (Å²) in [5.41, 5.74) is 0. The minimum absolute atomic E-state index is 0.303. The molecule has 1 atom stereocenters. The van der Waals surface area contributed by atoms with Crippen LogP contribution < -0.4 is 0 Å². The third-order valence-corrected chi connectivity index (χ3v) is 3.64. The second-order valence-electron chi connectivity index (χ2n) is 4.74. The highest BCUT2D eigenvalue weighted by Crippen LogP contribution is 2.21. The number of hydrogen-bond acceptors (Lipinski definition) is 2. The summed E-state index contributed by atoms with van der Waals surface area (Å²) in [7, 11) is 0. The molecule has 2 fully saturated rings. The van der Waals surface area contributed by atoms with Gasteiger partial charge in [-0.2, -0.15) is 0 Å². The van der Waals surface area contributed by atoms with Crippen LogP contribution in [-0.2, 0) is 0 Å². The second kappa shape index (κ2) is 4.99. The second-order valence-corrected chi connectivity index (χ2v) is 4.74. The Bertz CT molecular complexity index is 254. The van der Waals surface area contributed by atoms with E-state index >= 15 is 0 Å². The molecule has 0 aliphatic carbocycles. The molecule has 1 amide bonds. The molecule has 16 heavy (non-hydrogen) atoms. The number of amides is 1. The number of rotatable bonds is 1. The monoisotopic (exact) mass is 230 g/mol. The number of hydrogen-bond donors (Lipinski definition) is 1. The summed E-state index contributed by atoms with van der Waals surface area (Å²) in [5, 5.41) is 8.94. The molecule has 0 aromatic carbocycles. The summed E-state index contributed by atoms with van der Waals surface area (Å²) in [5.74, 6) is 0. The number of carboxylic acid groups (broad SMARTS) is 1. The van der Waals surface area contributed by atoms with Crippen molar-refractivity contribution < 1.29 is 14.3 Å². The molecular formula is C11H19FN2O2. The number of likely N-dealkylation sites (tertiary alicyclic amines) is 2. The topological polar surface area (TPSA) is 43.8 Å². The van der Waals surface area contributed by atoms with Crippen molar-refractivity contribution in [1.29, 1.82) is 0 Å². The van der Waals surface area contributed by atoms with Crippen LogP contribution in [0.1, 0.15) is 25.7 Å². The smallest absolute Gasteiger partial charge is 0.407 e. The Hall–Kier alpha value is -0.840. The van der Waals surface area contributed by atoms with Gasteiger partial charge in [-0.15, -0.1) is 0 Å². The zero-order chi connectivity index (χ0) is 11.5. The molecule has 5 heteroatoms. The molecule has 0 saturated carbocycles. The van der Waals surface area contributed by atoms with Gasteiger partial charge in [0.25, 0.3) is 0 Å². The highest BCUT2D eigenvalue weighted by Gasteiger charge is 2.30. The van der Waals surface area contributed by atoms with Crippen LogP contribution >= 0.6 is 0 Å². The van der Waals surface area contributed by atoms with Crippen LogP contribution in [-0.4, -0.2) is 59.4 Å². The van der Waals surface area contributed by atoms with Gasteiger partial charge >= 0.3 is 6.09 Å². The van der Waals surface area contributed by atoms with E-state index in [0.29, 0.717) is 32.0 Å². The quantitative estimate of drug-likeness (QED) is 0.743. The van der Waals surface area contributed by atoms with Crippen molar-refractivity contribution in [3.63, 3.8) is 0 Å². The van der Waals surface area contributed by atoms with E-state index in [1.807, 2.05) is 0 Å². The van der Waals surface area contributed by atoms with E-state index in [-0.39, 0.29) is 0 Å². The van der Waals surface area contributed by atoms with Crippen LogP contribution in [0.25, 0.3) is 0 Å². The fraction of sp³-hybridized carbons (Fsp3) is 0.909. The van der Waals surface area contributed by atoms with Gasteiger partial charge < -0.3 is 10.0 Å². The summed E-state index contributed by atoms with van der Waals surface area (Å²) in [6.07, 6.45) is 1.68. The van der Waals surface area contributed by atoms with Crippen molar-refractivity contribution in [2.24, 2.45) is 0 Å². The van der Waals surface area contributed by atoms with Crippen molar-refractivity contribution in [3.05, 3.63) is 0 Å². The third-order valence-electron chi connectivity index (χ3n) is 3.64. The van der Waals surface area contributed by atoms with Crippen LogP contribution in [0.15, 0.2) is 0 Å². The van der Waals surface area contributed by atoms with Crippen molar-refractivity contribution in [3.8, 4) is 0 Å².